The van der Waals surface area contributed by atoms with Gasteiger partial charge in [-0.2, -0.15) is 0 Å². The van der Waals surface area contributed by atoms with Crippen LogP contribution < -0.4 is 10.0 Å². The number of carbonyl (C=O) groups is 1. The molecule has 0 aromatic heterocycles. The molecule has 1 amide bonds. The summed E-state index contributed by atoms with van der Waals surface area (Å²) in [6.07, 6.45) is 4.85. The maximum absolute atomic E-state index is 12.2. The van der Waals surface area contributed by atoms with Crippen LogP contribution in [-0.2, 0) is 19.6 Å². The van der Waals surface area contributed by atoms with E-state index in [0.717, 1.165) is 32.1 Å². The molecule has 0 saturated carbocycles. The topological polar surface area (TPSA) is 87.7 Å². The predicted molar refractivity (Wildman–Crippen MR) is 88.8 cm³/mol. The summed E-state index contributed by atoms with van der Waals surface area (Å²) in [5.41, 5.74) is 0. The molecule has 1 aliphatic rings. The molecule has 0 aromatic carbocycles. The van der Waals surface area contributed by atoms with Gasteiger partial charge in [-0.15, -0.1) is 12.4 Å². The second-order valence-corrected chi connectivity index (χ2v) is 7.19. The Kier molecular flexibility index (Phi) is 11.0. The van der Waals surface area contributed by atoms with Gasteiger partial charge in [-0.25, -0.2) is 13.1 Å². The summed E-state index contributed by atoms with van der Waals surface area (Å²) in [7, 11) is -1.54. The van der Waals surface area contributed by atoms with Gasteiger partial charge in [0, 0.05) is 32.8 Å². The number of methoxy groups -OCH3 is 1. The van der Waals surface area contributed by atoms with Crippen LogP contribution in [-0.4, -0.2) is 71.4 Å². The first-order valence-corrected chi connectivity index (χ1v) is 9.27. The number of nitrogens with one attached hydrogen (secondary N) is 2. The molecule has 9 heteroatoms. The van der Waals surface area contributed by atoms with Gasteiger partial charge in [-0.3, -0.25) is 4.79 Å². The smallest absolute Gasteiger partial charge is 0.236 e. The molecule has 2 N–H and O–H groups in total. The van der Waals surface area contributed by atoms with Crippen molar-refractivity contribution in [2.45, 2.75) is 31.7 Å². The molecule has 1 unspecified atom stereocenters. The van der Waals surface area contributed by atoms with Gasteiger partial charge in [-0.05, 0) is 25.7 Å². The highest BCUT2D eigenvalue weighted by Crippen LogP contribution is 2.19. The minimum absolute atomic E-state index is 0. The van der Waals surface area contributed by atoms with E-state index in [1.807, 2.05) is 4.90 Å². The molecule has 0 aromatic rings. The molecule has 132 valence electrons. The Morgan fingerprint density at radius 2 is 2.05 bits per heavy atom. The van der Waals surface area contributed by atoms with Crippen molar-refractivity contribution >= 4 is 28.3 Å². The molecule has 0 radical (unpaired) electrons. The lowest BCUT2D eigenvalue weighted by Crippen LogP contribution is -2.48. The van der Waals surface area contributed by atoms with E-state index < -0.39 is 10.0 Å². The van der Waals surface area contributed by atoms with Crippen LogP contribution in [0.4, 0.5) is 0 Å². The highest BCUT2D eigenvalue weighted by Gasteiger charge is 2.26. The first-order valence-electron chi connectivity index (χ1n) is 7.38. The molecule has 1 aliphatic heterocycles. The summed E-state index contributed by atoms with van der Waals surface area (Å²) < 4.78 is 29.6. The summed E-state index contributed by atoms with van der Waals surface area (Å²) in [5, 5.41) is 3.06. The zero-order chi connectivity index (χ0) is 15.7. The number of rotatable bonds is 9. The minimum atomic E-state index is -3.16. The number of halogens is 1. The predicted octanol–water partition coefficient (Wildman–Crippen LogP) is -0.0354. The molecule has 1 atom stereocenters. The molecule has 1 rings (SSSR count). The van der Waals surface area contributed by atoms with Crippen LogP contribution >= 0.6 is 12.4 Å². The summed E-state index contributed by atoms with van der Waals surface area (Å²) >= 11 is 0. The monoisotopic (exact) mass is 357 g/mol. The van der Waals surface area contributed by atoms with Crippen LogP contribution in [0, 0.1) is 0 Å². The summed E-state index contributed by atoms with van der Waals surface area (Å²) in [6, 6.07) is 0.129. The molecule has 1 fully saturated rings. The standard InChI is InChI=1S/C13H27N3O4S.ClH/c1-20-10-8-14-11-13(17)16-9-4-3-5-12(16)6-7-15-21(2,18)19;/h12,14-15H,3-11H2,1-2H3;1H. The molecular weight excluding hydrogens is 330 g/mol. The van der Waals surface area contributed by atoms with Crippen molar-refractivity contribution in [3.8, 4) is 0 Å². The fourth-order valence-electron chi connectivity index (χ4n) is 2.51. The quantitative estimate of drug-likeness (QED) is 0.565. The van der Waals surface area contributed by atoms with E-state index in [1.54, 1.807) is 7.11 Å². The number of ether oxygens (including phenoxy) is 1. The number of hydrogen-bond acceptors (Lipinski definition) is 5. The van der Waals surface area contributed by atoms with E-state index in [4.69, 9.17) is 4.74 Å². The average Bonchev–Trinajstić information content (AvgIpc) is 2.42. The van der Waals surface area contributed by atoms with Crippen molar-refractivity contribution in [1.29, 1.82) is 0 Å². The van der Waals surface area contributed by atoms with E-state index in [9.17, 15) is 13.2 Å². The van der Waals surface area contributed by atoms with Crippen molar-refractivity contribution in [3.63, 3.8) is 0 Å². The normalized spacial score (nSPS) is 18.8. The highest BCUT2D eigenvalue weighted by molar-refractivity contribution is 7.88. The van der Waals surface area contributed by atoms with Gasteiger partial charge in [0.2, 0.25) is 15.9 Å². The number of carbonyl (C=O) groups excluding carboxylic acids is 1. The van der Waals surface area contributed by atoms with Gasteiger partial charge in [0.05, 0.1) is 19.4 Å². The van der Waals surface area contributed by atoms with E-state index in [2.05, 4.69) is 10.0 Å². The van der Waals surface area contributed by atoms with Crippen molar-refractivity contribution in [2.24, 2.45) is 0 Å². The number of hydrogen-bond donors (Lipinski definition) is 2. The lowest BCUT2D eigenvalue weighted by molar-refractivity contribution is -0.134. The van der Waals surface area contributed by atoms with Crippen LogP contribution in [0.5, 0.6) is 0 Å². The molecule has 22 heavy (non-hydrogen) atoms. The Hall–Kier alpha value is -0.410. The van der Waals surface area contributed by atoms with E-state index in [1.165, 1.54) is 0 Å². The minimum Gasteiger partial charge on any atom is -0.383 e. The summed E-state index contributed by atoms with van der Waals surface area (Å²) in [6.45, 7) is 2.67. The van der Waals surface area contributed by atoms with Gasteiger partial charge in [0.15, 0.2) is 0 Å². The Labute approximate surface area is 139 Å². The average molecular weight is 358 g/mol. The van der Waals surface area contributed by atoms with E-state index in [-0.39, 0.29) is 24.4 Å². The van der Waals surface area contributed by atoms with E-state index in [0.29, 0.717) is 32.7 Å². The summed E-state index contributed by atoms with van der Waals surface area (Å²) in [4.78, 5) is 14.1. The lowest BCUT2D eigenvalue weighted by atomic mass is 9.99. The Bertz CT molecular complexity index is 420. The molecule has 0 bridgehead atoms. The number of likely N-dealkylation sites (tertiary alicyclic amines) is 1. The maximum Gasteiger partial charge on any atom is 0.236 e. The second-order valence-electron chi connectivity index (χ2n) is 5.36. The third-order valence-electron chi connectivity index (χ3n) is 3.55. The van der Waals surface area contributed by atoms with Gasteiger partial charge >= 0.3 is 0 Å². The van der Waals surface area contributed by atoms with Crippen LogP contribution in [0.25, 0.3) is 0 Å². The van der Waals surface area contributed by atoms with Crippen LogP contribution in [0.15, 0.2) is 0 Å². The third kappa shape index (κ3) is 8.89. The van der Waals surface area contributed by atoms with Crippen molar-refractivity contribution in [1.82, 2.24) is 14.9 Å². The number of sulfonamides is 1. The zero-order valence-electron chi connectivity index (χ0n) is 13.3. The number of piperidine rings is 1. The van der Waals surface area contributed by atoms with Crippen molar-refractivity contribution < 1.29 is 17.9 Å². The molecule has 1 saturated heterocycles. The molecule has 0 aliphatic carbocycles. The van der Waals surface area contributed by atoms with Gasteiger partial charge < -0.3 is 15.0 Å². The number of nitrogens with zero attached hydrogens (tertiary/aromatic N) is 1. The fourth-order valence-corrected chi connectivity index (χ4v) is 3.00. The summed E-state index contributed by atoms with van der Waals surface area (Å²) in [5.74, 6) is 0.0789. The molecule has 7 nitrogen and oxygen atoms in total. The van der Waals surface area contributed by atoms with Crippen LogP contribution in [0.3, 0.4) is 0 Å². The van der Waals surface area contributed by atoms with Crippen molar-refractivity contribution in [3.05, 3.63) is 0 Å². The number of amides is 1. The largest absolute Gasteiger partial charge is 0.383 e. The maximum atomic E-state index is 12.2. The van der Waals surface area contributed by atoms with Gasteiger partial charge in [-0.1, -0.05) is 0 Å². The van der Waals surface area contributed by atoms with Crippen LogP contribution in [0.2, 0.25) is 0 Å². The Morgan fingerprint density at radius 3 is 2.68 bits per heavy atom. The van der Waals surface area contributed by atoms with Gasteiger partial charge in [0.25, 0.3) is 0 Å². The third-order valence-corrected chi connectivity index (χ3v) is 4.28. The molecule has 1 heterocycles. The van der Waals surface area contributed by atoms with Crippen LogP contribution in [0.1, 0.15) is 25.7 Å². The van der Waals surface area contributed by atoms with E-state index >= 15 is 0 Å². The Morgan fingerprint density at radius 1 is 1.32 bits per heavy atom. The fraction of sp³-hybridized carbons (Fsp3) is 0.923. The lowest BCUT2D eigenvalue weighted by Gasteiger charge is -2.36. The molecule has 0 spiro atoms. The second kappa shape index (κ2) is 11.2. The SMILES string of the molecule is COCCNCC(=O)N1CCCCC1CCNS(C)(=O)=O.Cl. The first-order chi connectivity index (χ1) is 9.94. The Balaban J connectivity index is 0.00000441. The van der Waals surface area contributed by atoms with Gasteiger partial charge in [0.1, 0.15) is 0 Å². The highest BCUT2D eigenvalue weighted by atomic mass is 35.5. The van der Waals surface area contributed by atoms with Crippen molar-refractivity contribution in [2.75, 3.05) is 46.2 Å². The zero-order valence-corrected chi connectivity index (χ0v) is 15.0. The first kappa shape index (κ1) is 21.6. The molecular formula is C13H28ClN3O4S.